The number of halogens is 1. The van der Waals surface area contributed by atoms with E-state index >= 15 is 0 Å². The fourth-order valence-corrected chi connectivity index (χ4v) is 2.61. The van der Waals surface area contributed by atoms with Gasteiger partial charge in [-0.1, -0.05) is 39.0 Å². The number of aromatic nitrogens is 3. The molecule has 140 valence electrons. The minimum absolute atomic E-state index is 0.0322. The number of carbonyl (C=O) groups is 1. The third-order valence-corrected chi connectivity index (χ3v) is 4.26. The Morgan fingerprint density at radius 1 is 1.19 bits per heavy atom. The third kappa shape index (κ3) is 3.80. The van der Waals surface area contributed by atoms with Crippen LogP contribution >= 0.6 is 11.6 Å². The standard InChI is InChI=1S/C20H20ClN3O3/c1-11(2)19(26)27-17-9-12(20(3,4)5)8-16(18(17)25)24-22-14-7-6-13(21)10-15(14)23-24/h6-10,25H,1H2,2-5H3. The molecule has 7 heteroatoms. The fraction of sp³-hybridized carbons (Fsp3) is 0.250. The van der Waals surface area contributed by atoms with Gasteiger partial charge in [0, 0.05) is 10.6 Å². The zero-order chi connectivity index (χ0) is 19.9. The number of carbonyl (C=O) groups excluding carboxylic acids is 1. The van der Waals surface area contributed by atoms with Crippen LogP contribution in [0.15, 0.2) is 42.5 Å². The predicted molar refractivity (Wildman–Crippen MR) is 105 cm³/mol. The summed E-state index contributed by atoms with van der Waals surface area (Å²) in [6.07, 6.45) is 0. The minimum Gasteiger partial charge on any atom is -0.503 e. The van der Waals surface area contributed by atoms with Crippen LogP contribution in [0.25, 0.3) is 16.7 Å². The Hall–Kier alpha value is -2.86. The van der Waals surface area contributed by atoms with Crippen LogP contribution in [0.2, 0.25) is 5.02 Å². The van der Waals surface area contributed by atoms with Crippen molar-refractivity contribution >= 4 is 28.6 Å². The summed E-state index contributed by atoms with van der Waals surface area (Å²) in [6.45, 7) is 11.2. The number of esters is 1. The van der Waals surface area contributed by atoms with E-state index in [1.807, 2.05) is 20.8 Å². The SMILES string of the molecule is C=C(C)C(=O)Oc1cc(C(C)(C)C)cc(-n2nc3ccc(Cl)cc3n2)c1O. The van der Waals surface area contributed by atoms with E-state index in [0.717, 1.165) is 5.56 Å². The second-order valence-electron chi connectivity index (χ2n) is 7.38. The zero-order valence-electron chi connectivity index (χ0n) is 15.6. The predicted octanol–water partition coefficient (Wildman–Crippen LogP) is 4.56. The number of benzene rings is 2. The van der Waals surface area contributed by atoms with Gasteiger partial charge in [0.15, 0.2) is 11.5 Å². The highest BCUT2D eigenvalue weighted by Crippen LogP contribution is 2.38. The van der Waals surface area contributed by atoms with Gasteiger partial charge in [-0.2, -0.15) is 0 Å². The number of ether oxygens (including phenoxy) is 1. The van der Waals surface area contributed by atoms with Crippen LogP contribution in [0, 0.1) is 0 Å². The number of aromatic hydroxyl groups is 1. The molecular weight excluding hydrogens is 366 g/mol. The number of rotatable bonds is 3. The molecule has 0 unspecified atom stereocenters. The molecule has 0 aliphatic heterocycles. The van der Waals surface area contributed by atoms with Gasteiger partial charge >= 0.3 is 5.97 Å². The summed E-state index contributed by atoms with van der Waals surface area (Å²) in [7, 11) is 0. The molecule has 0 amide bonds. The highest BCUT2D eigenvalue weighted by Gasteiger charge is 2.23. The van der Waals surface area contributed by atoms with Gasteiger partial charge < -0.3 is 9.84 Å². The van der Waals surface area contributed by atoms with Crippen molar-refractivity contribution in [2.45, 2.75) is 33.1 Å². The summed E-state index contributed by atoms with van der Waals surface area (Å²) < 4.78 is 5.32. The Bertz CT molecular complexity index is 1060. The molecule has 0 radical (unpaired) electrons. The van der Waals surface area contributed by atoms with Crippen molar-refractivity contribution in [1.29, 1.82) is 0 Å². The van der Waals surface area contributed by atoms with E-state index in [9.17, 15) is 9.90 Å². The Morgan fingerprint density at radius 3 is 2.48 bits per heavy atom. The summed E-state index contributed by atoms with van der Waals surface area (Å²) in [4.78, 5) is 13.3. The average Bonchev–Trinajstić information content (AvgIpc) is 2.98. The number of fused-ring (bicyclic) bond motifs is 1. The van der Waals surface area contributed by atoms with Crippen LogP contribution in [0.4, 0.5) is 0 Å². The Kier molecular flexibility index (Phi) is 4.70. The van der Waals surface area contributed by atoms with Gasteiger partial charge in [0.1, 0.15) is 16.7 Å². The molecule has 6 nitrogen and oxygen atoms in total. The van der Waals surface area contributed by atoms with Crippen molar-refractivity contribution in [2.24, 2.45) is 0 Å². The Balaban J connectivity index is 2.20. The molecule has 0 spiro atoms. The topological polar surface area (TPSA) is 77.2 Å². The lowest BCUT2D eigenvalue weighted by Crippen LogP contribution is -2.15. The highest BCUT2D eigenvalue weighted by atomic mass is 35.5. The molecule has 0 atom stereocenters. The van der Waals surface area contributed by atoms with E-state index in [4.69, 9.17) is 16.3 Å². The number of phenolic OH excluding ortho intramolecular Hbond substituents is 1. The van der Waals surface area contributed by atoms with Gasteiger partial charge in [-0.15, -0.1) is 15.0 Å². The van der Waals surface area contributed by atoms with Gasteiger partial charge in [0.2, 0.25) is 0 Å². The van der Waals surface area contributed by atoms with Crippen LogP contribution in [-0.2, 0) is 10.2 Å². The van der Waals surface area contributed by atoms with Crippen molar-refractivity contribution in [2.75, 3.05) is 0 Å². The van der Waals surface area contributed by atoms with Crippen molar-refractivity contribution in [3.63, 3.8) is 0 Å². The first kappa shape index (κ1) is 18.9. The second-order valence-corrected chi connectivity index (χ2v) is 7.82. The first-order valence-corrected chi connectivity index (χ1v) is 8.72. The van der Waals surface area contributed by atoms with Crippen LogP contribution in [0.1, 0.15) is 33.3 Å². The number of nitrogens with zero attached hydrogens (tertiary/aromatic N) is 3. The lowest BCUT2D eigenvalue weighted by Gasteiger charge is -2.21. The maximum atomic E-state index is 12.0. The second kappa shape index (κ2) is 6.70. The first-order valence-electron chi connectivity index (χ1n) is 8.34. The van der Waals surface area contributed by atoms with Gasteiger partial charge in [0.25, 0.3) is 0 Å². The summed E-state index contributed by atoms with van der Waals surface area (Å²) in [5, 5.41) is 20.0. The molecule has 0 fully saturated rings. The Morgan fingerprint density at radius 2 is 1.85 bits per heavy atom. The molecule has 0 aliphatic carbocycles. The third-order valence-electron chi connectivity index (χ3n) is 4.03. The van der Waals surface area contributed by atoms with Gasteiger partial charge in [-0.05, 0) is 48.2 Å². The number of hydrogen-bond donors (Lipinski definition) is 1. The molecular formula is C20H20ClN3O3. The van der Waals surface area contributed by atoms with Gasteiger partial charge in [0.05, 0.1) is 0 Å². The number of phenols is 1. The molecule has 1 N–H and O–H groups in total. The van der Waals surface area contributed by atoms with E-state index in [1.165, 1.54) is 4.80 Å². The molecule has 0 bridgehead atoms. The molecule has 1 aromatic heterocycles. The van der Waals surface area contributed by atoms with E-state index < -0.39 is 5.97 Å². The molecule has 27 heavy (non-hydrogen) atoms. The number of hydrogen-bond acceptors (Lipinski definition) is 5. The normalized spacial score (nSPS) is 11.6. The summed E-state index contributed by atoms with van der Waals surface area (Å²) in [5.74, 6) is -0.818. The molecule has 0 saturated heterocycles. The van der Waals surface area contributed by atoms with Crippen LogP contribution in [-0.4, -0.2) is 26.1 Å². The molecule has 0 aliphatic rings. The highest BCUT2D eigenvalue weighted by molar-refractivity contribution is 6.31. The van der Waals surface area contributed by atoms with E-state index in [-0.39, 0.29) is 22.5 Å². The maximum absolute atomic E-state index is 12.0. The van der Waals surface area contributed by atoms with E-state index in [1.54, 1.807) is 37.3 Å². The Labute approximate surface area is 162 Å². The molecule has 3 aromatic rings. The largest absolute Gasteiger partial charge is 0.503 e. The molecule has 0 saturated carbocycles. The summed E-state index contributed by atoms with van der Waals surface area (Å²) in [5.41, 5.74) is 2.33. The monoisotopic (exact) mass is 385 g/mol. The molecule has 2 aromatic carbocycles. The first-order chi connectivity index (χ1) is 12.6. The zero-order valence-corrected chi connectivity index (χ0v) is 16.3. The maximum Gasteiger partial charge on any atom is 0.338 e. The van der Waals surface area contributed by atoms with Gasteiger partial charge in [-0.25, -0.2) is 4.79 Å². The molecule has 1 heterocycles. The van der Waals surface area contributed by atoms with Crippen molar-refractivity contribution in [1.82, 2.24) is 15.0 Å². The van der Waals surface area contributed by atoms with Crippen LogP contribution in [0.3, 0.4) is 0 Å². The fourth-order valence-electron chi connectivity index (χ4n) is 2.44. The smallest absolute Gasteiger partial charge is 0.338 e. The van der Waals surface area contributed by atoms with Gasteiger partial charge in [-0.3, -0.25) is 0 Å². The summed E-state index contributed by atoms with van der Waals surface area (Å²) in [6, 6.07) is 8.56. The van der Waals surface area contributed by atoms with Crippen molar-refractivity contribution < 1.29 is 14.6 Å². The minimum atomic E-state index is -0.618. The lowest BCUT2D eigenvalue weighted by atomic mass is 9.86. The van der Waals surface area contributed by atoms with Crippen molar-refractivity contribution in [3.8, 4) is 17.2 Å². The van der Waals surface area contributed by atoms with E-state index in [2.05, 4.69) is 16.8 Å². The average molecular weight is 386 g/mol. The lowest BCUT2D eigenvalue weighted by molar-refractivity contribution is -0.130. The van der Waals surface area contributed by atoms with Crippen LogP contribution < -0.4 is 4.74 Å². The molecule has 3 rings (SSSR count). The van der Waals surface area contributed by atoms with Crippen molar-refractivity contribution in [3.05, 3.63) is 53.1 Å². The van der Waals surface area contributed by atoms with Crippen LogP contribution in [0.5, 0.6) is 11.5 Å². The van der Waals surface area contributed by atoms with E-state index in [0.29, 0.717) is 21.7 Å². The summed E-state index contributed by atoms with van der Waals surface area (Å²) >= 11 is 6.01. The quantitative estimate of drug-likeness (QED) is 0.406.